The molecule has 31 heavy (non-hydrogen) atoms. The van der Waals surface area contributed by atoms with Crippen molar-refractivity contribution in [2.45, 2.75) is 19.5 Å². The minimum absolute atomic E-state index is 0.0446. The zero-order valence-electron chi connectivity index (χ0n) is 17.2. The van der Waals surface area contributed by atoms with Gasteiger partial charge in [0.05, 0.1) is 18.4 Å². The minimum Gasteiger partial charge on any atom is -0.497 e. The van der Waals surface area contributed by atoms with Crippen LogP contribution < -0.4 is 10.3 Å². The van der Waals surface area contributed by atoms with Crippen molar-refractivity contribution in [1.82, 2.24) is 19.9 Å². The molecule has 0 aliphatic carbocycles. The molecular weight excluding hydrogens is 408 g/mol. The van der Waals surface area contributed by atoms with E-state index in [4.69, 9.17) is 9.72 Å². The van der Waals surface area contributed by atoms with Gasteiger partial charge >= 0.3 is 0 Å². The van der Waals surface area contributed by atoms with E-state index in [0.29, 0.717) is 12.4 Å². The topological polar surface area (TPSA) is 71.1 Å². The third-order valence-electron chi connectivity index (χ3n) is 5.46. The third-order valence-corrected chi connectivity index (χ3v) is 6.50. The molecule has 2 aromatic carbocycles. The van der Waals surface area contributed by atoms with Crippen LogP contribution in [0, 0.1) is 0 Å². The molecule has 1 aliphatic heterocycles. The molecule has 2 aromatic heterocycles. The Morgan fingerprint density at radius 2 is 1.90 bits per heavy atom. The first-order chi connectivity index (χ1) is 15.2. The maximum Gasteiger partial charge on any atom is 0.255 e. The summed E-state index contributed by atoms with van der Waals surface area (Å²) in [6.07, 6.45) is 2.70. The Morgan fingerprint density at radius 3 is 2.68 bits per heavy atom. The van der Waals surface area contributed by atoms with Crippen LogP contribution >= 0.6 is 11.3 Å². The van der Waals surface area contributed by atoms with Gasteiger partial charge in [0, 0.05) is 48.3 Å². The second-order valence-corrected chi connectivity index (χ2v) is 8.64. The van der Waals surface area contributed by atoms with E-state index in [1.54, 1.807) is 18.4 Å². The smallest absolute Gasteiger partial charge is 0.255 e. The van der Waals surface area contributed by atoms with Crippen LogP contribution in [0.1, 0.15) is 16.1 Å². The summed E-state index contributed by atoms with van der Waals surface area (Å²) < 4.78 is 5.22. The van der Waals surface area contributed by atoms with Gasteiger partial charge in [-0.2, -0.15) is 0 Å². The third kappa shape index (κ3) is 4.15. The van der Waals surface area contributed by atoms with E-state index in [9.17, 15) is 4.79 Å². The lowest BCUT2D eigenvalue weighted by Gasteiger charge is -2.27. The van der Waals surface area contributed by atoms with Crippen LogP contribution in [0.3, 0.4) is 0 Å². The monoisotopic (exact) mass is 430 g/mol. The summed E-state index contributed by atoms with van der Waals surface area (Å²) >= 11 is 1.68. The number of hydrogen-bond donors (Lipinski definition) is 1. The van der Waals surface area contributed by atoms with Gasteiger partial charge < -0.3 is 9.72 Å². The van der Waals surface area contributed by atoms with Crippen LogP contribution in [0.25, 0.3) is 22.0 Å². The first-order valence-corrected chi connectivity index (χ1v) is 11.0. The molecule has 5 rings (SSSR count). The summed E-state index contributed by atoms with van der Waals surface area (Å²) in [7, 11) is 1.66. The van der Waals surface area contributed by atoms with Crippen LogP contribution in [-0.2, 0) is 19.5 Å². The molecule has 156 valence electrons. The highest BCUT2D eigenvalue weighted by Crippen LogP contribution is 2.28. The van der Waals surface area contributed by atoms with Crippen LogP contribution in [-0.4, -0.2) is 33.5 Å². The van der Waals surface area contributed by atoms with E-state index >= 15 is 0 Å². The number of aromatic amines is 1. The van der Waals surface area contributed by atoms with E-state index in [1.807, 2.05) is 60.8 Å². The van der Waals surface area contributed by atoms with Gasteiger partial charge in [0.25, 0.3) is 5.56 Å². The number of fused-ring (bicyclic) bond motifs is 1. The van der Waals surface area contributed by atoms with Gasteiger partial charge in [0.2, 0.25) is 0 Å². The zero-order valence-corrected chi connectivity index (χ0v) is 18.0. The van der Waals surface area contributed by atoms with Crippen molar-refractivity contribution in [3.8, 4) is 27.7 Å². The maximum atomic E-state index is 12.8. The highest BCUT2D eigenvalue weighted by atomic mass is 32.1. The number of nitrogens with one attached hydrogen (secondary N) is 1. The largest absolute Gasteiger partial charge is 0.497 e. The van der Waals surface area contributed by atoms with Gasteiger partial charge in [0.15, 0.2) is 0 Å². The first kappa shape index (κ1) is 19.7. The maximum absolute atomic E-state index is 12.8. The molecular formula is C24H22N4O2S. The normalized spacial score (nSPS) is 13.7. The molecule has 0 atom stereocenters. The van der Waals surface area contributed by atoms with Crippen molar-refractivity contribution in [1.29, 1.82) is 0 Å². The lowest BCUT2D eigenvalue weighted by Crippen LogP contribution is -2.35. The Labute approximate surface area is 184 Å². The average Bonchev–Trinajstić information content (AvgIpc) is 3.28. The molecule has 0 unspecified atom stereocenters. The second kappa shape index (κ2) is 8.45. The highest BCUT2D eigenvalue weighted by Gasteiger charge is 2.22. The Kier molecular flexibility index (Phi) is 5.36. The number of hydrogen-bond acceptors (Lipinski definition) is 6. The quantitative estimate of drug-likeness (QED) is 0.516. The molecule has 0 bridgehead atoms. The zero-order chi connectivity index (χ0) is 21.2. The Morgan fingerprint density at radius 1 is 1.10 bits per heavy atom. The predicted molar refractivity (Wildman–Crippen MR) is 122 cm³/mol. The summed E-state index contributed by atoms with van der Waals surface area (Å²) in [5.41, 5.74) is 3.64. The fourth-order valence-corrected chi connectivity index (χ4v) is 4.78. The number of benzene rings is 2. The minimum atomic E-state index is -0.0446. The van der Waals surface area contributed by atoms with E-state index < -0.39 is 0 Å². The fourth-order valence-electron chi connectivity index (χ4n) is 3.82. The number of rotatable bonds is 5. The van der Waals surface area contributed by atoms with Crippen LogP contribution in [0.15, 0.2) is 65.6 Å². The van der Waals surface area contributed by atoms with Gasteiger partial charge in [-0.3, -0.25) is 9.69 Å². The molecule has 0 saturated carbocycles. The molecule has 0 fully saturated rings. The molecule has 0 radical (unpaired) electrons. The van der Waals surface area contributed by atoms with E-state index in [1.165, 1.54) is 4.88 Å². The Hall–Kier alpha value is -3.29. The van der Waals surface area contributed by atoms with Crippen molar-refractivity contribution in [2.75, 3.05) is 13.7 Å². The molecule has 6 nitrogen and oxygen atoms in total. The molecule has 4 aromatic rings. The number of ether oxygens (including phenoxy) is 1. The fraction of sp³-hybridized carbons (Fsp3) is 0.208. The Balaban J connectivity index is 1.31. The predicted octanol–water partition coefficient (Wildman–Crippen LogP) is 4.13. The first-order valence-electron chi connectivity index (χ1n) is 10.2. The summed E-state index contributed by atoms with van der Waals surface area (Å²) in [5, 5.41) is 0.988. The standard InChI is InChI=1S/C24H22N4O2S/c1-30-18-9-7-17(8-10-18)24-25-13-19(31-24)14-28-12-11-21-20(15-28)23(29)27-22(26-21)16-5-3-2-4-6-16/h2-10,13H,11-12,14-15H2,1H3,(H,26,27,29). The number of thiazole rings is 1. The van der Waals surface area contributed by atoms with Gasteiger partial charge in [-0.05, 0) is 24.3 Å². The molecule has 0 saturated heterocycles. The van der Waals surface area contributed by atoms with Crippen LogP contribution in [0.4, 0.5) is 0 Å². The highest BCUT2D eigenvalue weighted by molar-refractivity contribution is 7.15. The van der Waals surface area contributed by atoms with Crippen LogP contribution in [0.2, 0.25) is 0 Å². The summed E-state index contributed by atoms with van der Waals surface area (Å²) in [6, 6.07) is 17.7. The summed E-state index contributed by atoms with van der Waals surface area (Å²) in [5.74, 6) is 1.48. The molecule has 1 aliphatic rings. The van der Waals surface area contributed by atoms with Gasteiger partial charge in [-0.15, -0.1) is 11.3 Å². The van der Waals surface area contributed by atoms with E-state index in [2.05, 4.69) is 14.9 Å². The number of nitrogens with zero attached hydrogens (tertiary/aromatic N) is 3. The van der Waals surface area contributed by atoms with E-state index in [-0.39, 0.29) is 5.56 Å². The molecule has 1 N–H and O–H groups in total. The van der Waals surface area contributed by atoms with Crippen LogP contribution in [0.5, 0.6) is 5.75 Å². The Bertz CT molecular complexity index is 1250. The molecule has 7 heteroatoms. The van der Waals surface area contributed by atoms with Gasteiger partial charge in [-0.25, -0.2) is 9.97 Å². The summed E-state index contributed by atoms with van der Waals surface area (Å²) in [6.45, 7) is 2.24. The second-order valence-electron chi connectivity index (χ2n) is 7.53. The average molecular weight is 431 g/mol. The van der Waals surface area contributed by atoms with Crippen molar-refractivity contribution >= 4 is 11.3 Å². The van der Waals surface area contributed by atoms with Gasteiger partial charge in [0.1, 0.15) is 16.6 Å². The SMILES string of the molecule is COc1ccc(-c2ncc(CN3CCc4nc(-c5ccccc5)[nH]c(=O)c4C3)s2)cc1. The number of H-pyrrole nitrogens is 1. The lowest BCUT2D eigenvalue weighted by molar-refractivity contribution is 0.244. The van der Waals surface area contributed by atoms with Crippen molar-refractivity contribution in [3.05, 3.63) is 87.3 Å². The molecule has 0 spiro atoms. The van der Waals surface area contributed by atoms with Crippen molar-refractivity contribution in [2.24, 2.45) is 0 Å². The van der Waals surface area contributed by atoms with Crippen molar-refractivity contribution in [3.63, 3.8) is 0 Å². The lowest BCUT2D eigenvalue weighted by atomic mass is 10.1. The molecule has 3 heterocycles. The molecule has 0 amide bonds. The number of methoxy groups -OCH3 is 1. The van der Waals surface area contributed by atoms with Gasteiger partial charge in [-0.1, -0.05) is 30.3 Å². The number of aromatic nitrogens is 3. The van der Waals surface area contributed by atoms with E-state index in [0.717, 1.165) is 52.7 Å². The van der Waals surface area contributed by atoms with Crippen molar-refractivity contribution < 1.29 is 4.74 Å². The summed E-state index contributed by atoms with van der Waals surface area (Å²) in [4.78, 5) is 28.5.